The maximum Gasteiger partial charge on any atom is 0.0847 e. The van der Waals surface area contributed by atoms with Crippen LogP contribution in [-0.2, 0) is 5.41 Å². The lowest BCUT2D eigenvalue weighted by atomic mass is 9.48. The molecule has 23 heavy (non-hydrogen) atoms. The molecule has 1 atom stereocenters. The molecule has 4 aliphatic carbocycles. The van der Waals surface area contributed by atoms with Gasteiger partial charge >= 0.3 is 0 Å². The highest BCUT2D eigenvalue weighted by Gasteiger charge is 2.51. The molecule has 2 N–H and O–H groups in total. The minimum atomic E-state index is -0.487. The van der Waals surface area contributed by atoms with Crippen molar-refractivity contribution in [2.24, 2.45) is 17.8 Å². The molecule has 0 aromatic heterocycles. The molecular weight excluding hydrogens is 306 g/mol. The van der Waals surface area contributed by atoms with E-state index < -0.39 is 6.10 Å². The van der Waals surface area contributed by atoms with Crippen molar-refractivity contribution in [3.05, 3.63) is 29.3 Å². The molecule has 2 nitrogen and oxygen atoms in total. The van der Waals surface area contributed by atoms with Crippen LogP contribution in [-0.4, -0.2) is 23.6 Å². The van der Waals surface area contributed by atoms with Crippen LogP contribution < -0.4 is 5.32 Å². The summed E-state index contributed by atoms with van der Waals surface area (Å²) in [6, 6.07) is 6.98. The SMILES string of the molecule is Cc1ccc(C23CC4CC(CC(C4)C2)C3)cc1NCC(O)CCl. The largest absolute Gasteiger partial charge is 0.390 e. The fourth-order valence-electron chi connectivity index (χ4n) is 5.89. The van der Waals surface area contributed by atoms with Gasteiger partial charge in [-0.15, -0.1) is 11.6 Å². The number of anilines is 1. The molecule has 5 rings (SSSR count). The Hall–Kier alpha value is -0.730. The van der Waals surface area contributed by atoms with Gasteiger partial charge in [0.05, 0.1) is 12.0 Å². The third-order valence-corrected chi connectivity index (χ3v) is 6.95. The lowest BCUT2D eigenvalue weighted by Gasteiger charge is -2.57. The van der Waals surface area contributed by atoms with E-state index in [2.05, 4.69) is 30.4 Å². The van der Waals surface area contributed by atoms with Crippen LogP contribution in [0.5, 0.6) is 0 Å². The van der Waals surface area contributed by atoms with Crippen molar-refractivity contribution in [1.29, 1.82) is 0 Å². The van der Waals surface area contributed by atoms with Gasteiger partial charge in [-0.1, -0.05) is 12.1 Å². The number of alkyl halides is 1. The Balaban J connectivity index is 1.59. The average Bonchev–Trinajstić information content (AvgIpc) is 2.52. The third-order valence-electron chi connectivity index (χ3n) is 6.59. The topological polar surface area (TPSA) is 32.3 Å². The molecule has 0 spiro atoms. The van der Waals surface area contributed by atoms with Gasteiger partial charge in [0.25, 0.3) is 0 Å². The monoisotopic (exact) mass is 333 g/mol. The van der Waals surface area contributed by atoms with Crippen molar-refractivity contribution < 1.29 is 5.11 Å². The molecule has 1 unspecified atom stereocenters. The van der Waals surface area contributed by atoms with Crippen LogP contribution in [0.25, 0.3) is 0 Å². The first kappa shape index (κ1) is 15.8. The Kier molecular flexibility index (Phi) is 4.09. The lowest BCUT2D eigenvalue weighted by Crippen LogP contribution is -2.48. The number of rotatable bonds is 5. The molecule has 0 amide bonds. The third kappa shape index (κ3) is 2.89. The van der Waals surface area contributed by atoms with Crippen LogP contribution in [0.1, 0.15) is 49.7 Å². The Bertz CT molecular complexity index is 550. The molecular formula is C20H28ClNO. The molecule has 126 valence electrons. The van der Waals surface area contributed by atoms with E-state index in [1.807, 2.05) is 0 Å². The summed E-state index contributed by atoms with van der Waals surface area (Å²) in [5, 5.41) is 13.1. The van der Waals surface area contributed by atoms with E-state index in [1.165, 1.54) is 55.3 Å². The van der Waals surface area contributed by atoms with Crippen LogP contribution in [0.2, 0.25) is 0 Å². The summed E-state index contributed by atoms with van der Waals surface area (Å²) >= 11 is 5.71. The fourth-order valence-corrected chi connectivity index (χ4v) is 6.00. The summed E-state index contributed by atoms with van der Waals surface area (Å²) < 4.78 is 0. The number of halogens is 1. The highest BCUT2D eigenvalue weighted by Crippen LogP contribution is 2.60. The zero-order chi connectivity index (χ0) is 16.0. The number of hydrogen-bond acceptors (Lipinski definition) is 2. The molecule has 1 aromatic rings. The summed E-state index contributed by atoms with van der Waals surface area (Å²) in [5.74, 6) is 3.19. The Morgan fingerprint density at radius 1 is 1.17 bits per heavy atom. The molecule has 4 aliphatic rings. The molecule has 0 heterocycles. The quantitative estimate of drug-likeness (QED) is 0.779. The zero-order valence-electron chi connectivity index (χ0n) is 14.0. The highest BCUT2D eigenvalue weighted by molar-refractivity contribution is 6.18. The summed E-state index contributed by atoms with van der Waals surface area (Å²) in [4.78, 5) is 0. The standard InChI is InChI=1S/C20H28ClNO/c1-13-2-3-17(7-19(13)22-12-18(23)11-21)20-8-14-4-15(9-20)6-16(5-14)10-20/h2-3,7,14-16,18,22-23H,4-6,8-12H2,1H3. The maximum atomic E-state index is 9.71. The lowest BCUT2D eigenvalue weighted by molar-refractivity contribution is -0.00516. The van der Waals surface area contributed by atoms with Gasteiger partial charge < -0.3 is 10.4 Å². The first-order chi connectivity index (χ1) is 11.1. The predicted octanol–water partition coefficient (Wildman–Crippen LogP) is 4.47. The second-order valence-electron chi connectivity index (χ2n) is 8.42. The van der Waals surface area contributed by atoms with Crippen LogP contribution >= 0.6 is 11.6 Å². The normalized spacial score (nSPS) is 36.2. The van der Waals surface area contributed by atoms with Crippen LogP contribution in [0.15, 0.2) is 18.2 Å². The van der Waals surface area contributed by atoms with Gasteiger partial charge in [0.2, 0.25) is 0 Å². The van der Waals surface area contributed by atoms with Crippen LogP contribution in [0.4, 0.5) is 5.69 Å². The molecule has 4 bridgehead atoms. The van der Waals surface area contributed by atoms with Crippen LogP contribution in [0, 0.1) is 24.7 Å². The van der Waals surface area contributed by atoms with Crippen molar-refractivity contribution in [2.75, 3.05) is 17.7 Å². The van der Waals surface area contributed by atoms with Gasteiger partial charge in [-0.2, -0.15) is 0 Å². The fraction of sp³-hybridized carbons (Fsp3) is 0.700. The summed E-state index contributed by atoms with van der Waals surface area (Å²) in [6.07, 6.45) is 8.15. The first-order valence-corrected chi connectivity index (χ1v) is 9.70. The minimum absolute atomic E-state index is 0.278. The van der Waals surface area contributed by atoms with E-state index in [1.54, 1.807) is 0 Å². The molecule has 4 fully saturated rings. The predicted molar refractivity (Wildman–Crippen MR) is 96.2 cm³/mol. The van der Waals surface area contributed by atoms with Crippen LogP contribution in [0.3, 0.4) is 0 Å². The van der Waals surface area contributed by atoms with Crippen molar-refractivity contribution in [1.82, 2.24) is 0 Å². The number of aliphatic hydroxyl groups excluding tert-OH is 1. The Morgan fingerprint density at radius 2 is 1.78 bits per heavy atom. The van der Waals surface area contributed by atoms with E-state index >= 15 is 0 Å². The molecule has 0 radical (unpaired) electrons. The van der Waals surface area contributed by atoms with E-state index in [0.29, 0.717) is 12.0 Å². The first-order valence-electron chi connectivity index (χ1n) is 9.17. The molecule has 0 aliphatic heterocycles. The smallest absolute Gasteiger partial charge is 0.0847 e. The van der Waals surface area contributed by atoms with E-state index in [-0.39, 0.29) is 5.88 Å². The number of hydrogen-bond donors (Lipinski definition) is 2. The van der Waals surface area contributed by atoms with E-state index in [0.717, 1.165) is 17.8 Å². The van der Waals surface area contributed by atoms with Crippen molar-refractivity contribution in [3.8, 4) is 0 Å². The summed E-state index contributed by atoms with van der Waals surface area (Å²) in [7, 11) is 0. The van der Waals surface area contributed by atoms with Crippen molar-refractivity contribution in [3.63, 3.8) is 0 Å². The van der Waals surface area contributed by atoms with Gasteiger partial charge in [-0.25, -0.2) is 0 Å². The van der Waals surface area contributed by atoms with Gasteiger partial charge in [0.15, 0.2) is 0 Å². The second-order valence-corrected chi connectivity index (χ2v) is 8.73. The Morgan fingerprint density at radius 3 is 2.35 bits per heavy atom. The van der Waals surface area contributed by atoms with Gasteiger partial charge in [-0.3, -0.25) is 0 Å². The number of aryl methyl sites for hydroxylation is 1. The van der Waals surface area contributed by atoms with Crippen molar-refractivity contribution >= 4 is 17.3 Å². The molecule has 4 saturated carbocycles. The van der Waals surface area contributed by atoms with Gasteiger partial charge in [0.1, 0.15) is 0 Å². The van der Waals surface area contributed by atoms with E-state index in [9.17, 15) is 5.11 Å². The Labute approximate surface area is 144 Å². The number of benzene rings is 1. The van der Waals surface area contributed by atoms with Gasteiger partial charge in [-0.05, 0) is 85.8 Å². The number of nitrogens with one attached hydrogen (secondary N) is 1. The maximum absolute atomic E-state index is 9.71. The van der Waals surface area contributed by atoms with E-state index in [4.69, 9.17) is 11.6 Å². The molecule has 0 saturated heterocycles. The van der Waals surface area contributed by atoms with Crippen molar-refractivity contribution in [2.45, 2.75) is 57.0 Å². The summed E-state index contributed by atoms with van der Waals surface area (Å²) in [6.45, 7) is 2.66. The number of aliphatic hydroxyl groups is 1. The highest BCUT2D eigenvalue weighted by atomic mass is 35.5. The average molecular weight is 334 g/mol. The molecule has 3 heteroatoms. The zero-order valence-corrected chi connectivity index (χ0v) is 14.8. The molecule has 1 aromatic carbocycles. The second kappa shape index (κ2) is 5.97. The summed E-state index contributed by atoms with van der Waals surface area (Å²) in [5.41, 5.74) is 4.39. The minimum Gasteiger partial charge on any atom is -0.390 e. The van der Waals surface area contributed by atoms with Gasteiger partial charge in [0, 0.05) is 12.2 Å².